The zero-order valence-electron chi connectivity index (χ0n) is 20.6. The van der Waals surface area contributed by atoms with Crippen molar-refractivity contribution in [2.24, 2.45) is 0 Å². The number of nitrogens with one attached hydrogen (secondary N) is 3. The van der Waals surface area contributed by atoms with E-state index in [1.165, 1.54) is 24.4 Å². The molecule has 1 unspecified atom stereocenters. The van der Waals surface area contributed by atoms with Crippen LogP contribution in [0.25, 0.3) is 11.0 Å². The van der Waals surface area contributed by atoms with Crippen LogP contribution in [0.5, 0.6) is 11.5 Å². The number of carbonyl (C=O) groups excluding carboxylic acids is 1. The third-order valence-electron chi connectivity index (χ3n) is 5.37. The molecule has 2 aromatic carbocycles. The minimum absolute atomic E-state index is 0.0794. The number of hydrogen-bond donors (Lipinski definition) is 3. The van der Waals surface area contributed by atoms with E-state index in [0.29, 0.717) is 15.9 Å². The van der Waals surface area contributed by atoms with Gasteiger partial charge < -0.3 is 24.5 Å². The van der Waals surface area contributed by atoms with Crippen molar-refractivity contribution in [3.8, 4) is 11.5 Å². The van der Waals surface area contributed by atoms with Crippen molar-refractivity contribution in [3.63, 3.8) is 0 Å². The molecule has 14 heteroatoms. The van der Waals surface area contributed by atoms with Gasteiger partial charge in [0.25, 0.3) is 11.6 Å². The Hall–Kier alpha value is -3.85. The number of carbonyl (C=O) groups is 1. The van der Waals surface area contributed by atoms with Gasteiger partial charge in [-0.15, -0.1) is 0 Å². The highest BCUT2D eigenvalue weighted by molar-refractivity contribution is 9.10. The van der Waals surface area contributed by atoms with Crippen molar-refractivity contribution in [1.29, 1.82) is 0 Å². The first-order valence-electron chi connectivity index (χ1n) is 11.6. The quantitative estimate of drug-likeness (QED) is 0.200. The van der Waals surface area contributed by atoms with Gasteiger partial charge in [-0.2, -0.15) is 0 Å². The molecule has 4 aromatic rings. The standard InChI is InChI=1S/C21H16BrN5O5S.C4H8O2/c1-23-17-5-3-15(10-18(17)27(29)30)33(31)26-21(28)16-4-2-13(22)9-19(16)32-14-8-12-6-7-24-20(12)25-11-14;1-2-6-4-3-5-1/h2-11,23H,1H3,(H,24,25)(H,26,28);1-4H2. The molecular weight excluding hydrogens is 594 g/mol. The number of nitro groups is 1. The lowest BCUT2D eigenvalue weighted by atomic mass is 10.2. The molecule has 1 fully saturated rings. The zero-order chi connectivity index (χ0) is 27.8. The molecule has 2 aromatic heterocycles. The summed E-state index contributed by atoms with van der Waals surface area (Å²) in [6, 6.07) is 12.4. The van der Waals surface area contributed by atoms with Gasteiger partial charge >= 0.3 is 0 Å². The highest BCUT2D eigenvalue weighted by Crippen LogP contribution is 2.30. The second-order valence-electron chi connectivity index (χ2n) is 7.94. The topological polar surface area (TPSA) is 158 Å². The van der Waals surface area contributed by atoms with Gasteiger partial charge in [0.1, 0.15) is 22.8 Å². The number of H-pyrrole nitrogens is 1. The normalized spacial score (nSPS) is 13.6. The summed E-state index contributed by atoms with van der Waals surface area (Å²) < 4.78 is 31.5. The molecule has 1 saturated heterocycles. The monoisotopic (exact) mass is 617 g/mol. The largest absolute Gasteiger partial charge is 0.455 e. The Balaban J connectivity index is 0.000000519. The van der Waals surface area contributed by atoms with Gasteiger partial charge in [-0.1, -0.05) is 15.9 Å². The van der Waals surface area contributed by atoms with E-state index in [0.717, 1.165) is 37.9 Å². The number of rotatable bonds is 7. The number of nitrogens with zero attached hydrogens (tertiary/aromatic N) is 2. The summed E-state index contributed by atoms with van der Waals surface area (Å²) in [7, 11) is -0.499. The molecule has 3 N–H and O–H groups in total. The lowest BCUT2D eigenvalue weighted by molar-refractivity contribution is -0.384. The summed E-state index contributed by atoms with van der Waals surface area (Å²) in [6.07, 6.45) is 3.27. The first-order chi connectivity index (χ1) is 18.9. The molecule has 1 aliphatic rings. The van der Waals surface area contributed by atoms with Gasteiger partial charge in [0.2, 0.25) is 0 Å². The summed E-state index contributed by atoms with van der Waals surface area (Å²) in [4.78, 5) is 30.9. The van der Waals surface area contributed by atoms with E-state index in [1.54, 1.807) is 31.4 Å². The molecule has 204 valence electrons. The van der Waals surface area contributed by atoms with Crippen LogP contribution in [-0.4, -0.2) is 58.5 Å². The van der Waals surface area contributed by atoms with Crippen LogP contribution in [0.15, 0.2) is 70.3 Å². The molecule has 5 rings (SSSR count). The minimum Gasteiger partial charge on any atom is -0.455 e. The van der Waals surface area contributed by atoms with Gasteiger partial charge in [0.05, 0.1) is 48.0 Å². The Bertz CT molecular complexity index is 1500. The maximum Gasteiger partial charge on any atom is 0.293 e. The van der Waals surface area contributed by atoms with Gasteiger partial charge in [0, 0.05) is 29.2 Å². The molecule has 0 aliphatic carbocycles. The van der Waals surface area contributed by atoms with E-state index >= 15 is 0 Å². The summed E-state index contributed by atoms with van der Waals surface area (Å²) in [5.74, 6) is -0.0485. The van der Waals surface area contributed by atoms with Crippen molar-refractivity contribution in [2.45, 2.75) is 4.90 Å². The summed E-state index contributed by atoms with van der Waals surface area (Å²) in [6.45, 7) is 3.11. The van der Waals surface area contributed by atoms with Crippen LogP contribution in [-0.2, 0) is 20.5 Å². The molecular formula is C25H24BrN5O7S. The van der Waals surface area contributed by atoms with Crippen LogP contribution in [0, 0.1) is 10.1 Å². The molecule has 0 radical (unpaired) electrons. The van der Waals surface area contributed by atoms with Crippen LogP contribution in [0.2, 0.25) is 0 Å². The SMILES string of the molecule is C1COCCO1.CNc1ccc(S(=O)NC(=O)c2ccc(Br)cc2Oc2cnc3[nH]ccc3c2)cc1[N+](=O)[O-]. The molecule has 39 heavy (non-hydrogen) atoms. The number of aromatic amines is 1. The van der Waals surface area contributed by atoms with E-state index in [2.05, 4.69) is 35.9 Å². The van der Waals surface area contributed by atoms with Gasteiger partial charge in [-0.3, -0.25) is 19.6 Å². The van der Waals surface area contributed by atoms with Crippen molar-refractivity contribution in [3.05, 3.63) is 81.1 Å². The number of hydrogen-bond acceptors (Lipinski definition) is 9. The molecule has 0 bridgehead atoms. The number of benzene rings is 2. The van der Waals surface area contributed by atoms with Crippen LogP contribution in [0.1, 0.15) is 10.4 Å². The number of halogens is 1. The Labute approximate surface area is 233 Å². The first-order valence-corrected chi connectivity index (χ1v) is 13.5. The number of nitro benzene ring substituents is 1. The lowest BCUT2D eigenvalue weighted by Crippen LogP contribution is -2.26. The highest BCUT2D eigenvalue weighted by Gasteiger charge is 2.20. The number of pyridine rings is 1. The molecule has 1 aliphatic heterocycles. The first kappa shape index (κ1) is 28.2. The van der Waals surface area contributed by atoms with E-state index in [4.69, 9.17) is 14.2 Å². The smallest absolute Gasteiger partial charge is 0.293 e. The van der Waals surface area contributed by atoms with Crippen molar-refractivity contribution in [2.75, 3.05) is 38.8 Å². The number of aromatic nitrogens is 2. The van der Waals surface area contributed by atoms with Gasteiger partial charge in [0.15, 0.2) is 11.0 Å². The van der Waals surface area contributed by atoms with Crippen LogP contribution in [0.4, 0.5) is 11.4 Å². The van der Waals surface area contributed by atoms with Crippen molar-refractivity contribution < 1.29 is 28.1 Å². The van der Waals surface area contributed by atoms with Gasteiger partial charge in [-0.25, -0.2) is 9.19 Å². The third kappa shape index (κ3) is 7.38. The number of ether oxygens (including phenoxy) is 3. The van der Waals surface area contributed by atoms with E-state index < -0.39 is 21.8 Å². The fourth-order valence-electron chi connectivity index (χ4n) is 3.50. The second-order valence-corrected chi connectivity index (χ2v) is 10.1. The fourth-order valence-corrected chi connectivity index (χ4v) is 4.64. The average molecular weight is 618 g/mol. The maximum atomic E-state index is 12.9. The lowest BCUT2D eigenvalue weighted by Gasteiger charge is -2.12. The van der Waals surface area contributed by atoms with E-state index in [-0.39, 0.29) is 27.6 Å². The molecule has 3 heterocycles. The Morgan fingerprint density at radius 2 is 1.87 bits per heavy atom. The minimum atomic E-state index is -2.04. The second kappa shape index (κ2) is 13.3. The summed E-state index contributed by atoms with van der Waals surface area (Å²) in [5, 5.41) is 14.8. The number of anilines is 1. The zero-order valence-corrected chi connectivity index (χ0v) is 23.0. The number of fused-ring (bicyclic) bond motifs is 1. The van der Waals surface area contributed by atoms with Gasteiger partial charge in [-0.05, 0) is 42.5 Å². The molecule has 1 amide bonds. The maximum absolute atomic E-state index is 12.9. The van der Waals surface area contributed by atoms with E-state index in [9.17, 15) is 19.1 Å². The van der Waals surface area contributed by atoms with Crippen LogP contribution < -0.4 is 14.8 Å². The van der Waals surface area contributed by atoms with Crippen LogP contribution in [0.3, 0.4) is 0 Å². The predicted octanol–water partition coefficient (Wildman–Crippen LogP) is 4.55. The molecule has 12 nitrogen and oxygen atoms in total. The molecule has 1 atom stereocenters. The molecule has 0 spiro atoms. The Morgan fingerprint density at radius 3 is 2.54 bits per heavy atom. The average Bonchev–Trinajstić information content (AvgIpc) is 3.42. The Morgan fingerprint density at radius 1 is 1.13 bits per heavy atom. The summed E-state index contributed by atoms with van der Waals surface area (Å²) in [5.41, 5.74) is 0.840. The van der Waals surface area contributed by atoms with Crippen molar-refractivity contribution in [1.82, 2.24) is 14.7 Å². The van der Waals surface area contributed by atoms with E-state index in [1.807, 2.05) is 6.07 Å². The highest BCUT2D eigenvalue weighted by atomic mass is 79.9. The van der Waals surface area contributed by atoms with Crippen LogP contribution >= 0.6 is 15.9 Å². The predicted molar refractivity (Wildman–Crippen MR) is 148 cm³/mol. The third-order valence-corrected chi connectivity index (χ3v) is 6.92. The Kier molecular flexibility index (Phi) is 9.59. The van der Waals surface area contributed by atoms with Crippen molar-refractivity contribution >= 4 is 55.2 Å². The molecule has 0 saturated carbocycles. The fraction of sp³-hybridized carbons (Fsp3) is 0.200. The number of amides is 1. The summed E-state index contributed by atoms with van der Waals surface area (Å²) >= 11 is 3.35.